The first kappa shape index (κ1) is 17.0. The third-order valence-corrected chi connectivity index (χ3v) is 4.01. The van der Waals surface area contributed by atoms with Crippen LogP contribution in [0.2, 0.25) is 0 Å². The van der Waals surface area contributed by atoms with Crippen LogP contribution in [0.4, 0.5) is 5.69 Å². The first-order valence-corrected chi connectivity index (χ1v) is 8.40. The van der Waals surface area contributed by atoms with Gasteiger partial charge in [-0.15, -0.1) is 0 Å². The highest BCUT2D eigenvalue weighted by molar-refractivity contribution is 5.95. The highest BCUT2D eigenvalue weighted by Crippen LogP contribution is 2.17. The van der Waals surface area contributed by atoms with Crippen LogP contribution in [0.15, 0.2) is 77.4 Å². The minimum absolute atomic E-state index is 0.0745. The van der Waals surface area contributed by atoms with Gasteiger partial charge in [0.05, 0.1) is 6.26 Å². The molecule has 1 aromatic heterocycles. The van der Waals surface area contributed by atoms with Gasteiger partial charge in [0.25, 0.3) is 0 Å². The fraction of sp³-hybridized carbons (Fsp3) is 0.190. The summed E-state index contributed by atoms with van der Waals surface area (Å²) in [5.74, 6) is 0.827. The van der Waals surface area contributed by atoms with Gasteiger partial charge in [0.15, 0.2) is 0 Å². The summed E-state index contributed by atoms with van der Waals surface area (Å²) < 4.78 is 5.35. The molecule has 1 amide bonds. The maximum Gasteiger partial charge on any atom is 0.246 e. The summed E-state index contributed by atoms with van der Waals surface area (Å²) in [6, 6.07) is 20.9. The van der Waals surface area contributed by atoms with Gasteiger partial charge in [0, 0.05) is 18.7 Å². The van der Waals surface area contributed by atoms with Gasteiger partial charge >= 0.3 is 0 Å². The third kappa shape index (κ3) is 4.81. The monoisotopic (exact) mass is 334 g/mol. The molecule has 1 heterocycles. The average molecular weight is 334 g/mol. The molecule has 2 N–H and O–H groups in total. The van der Waals surface area contributed by atoms with E-state index in [0.29, 0.717) is 6.54 Å². The molecule has 0 bridgehead atoms. The zero-order chi connectivity index (χ0) is 17.5. The van der Waals surface area contributed by atoms with Gasteiger partial charge in [-0.2, -0.15) is 0 Å². The molecular weight excluding hydrogens is 312 g/mol. The lowest BCUT2D eigenvalue weighted by Crippen LogP contribution is -2.34. The van der Waals surface area contributed by atoms with Crippen molar-refractivity contribution in [2.75, 3.05) is 11.9 Å². The number of hydrogen-bond acceptors (Lipinski definition) is 3. The molecule has 0 unspecified atom stereocenters. The molecule has 2 aromatic carbocycles. The Balaban J connectivity index is 1.68. The first-order valence-electron chi connectivity index (χ1n) is 8.40. The largest absolute Gasteiger partial charge is 0.469 e. The Morgan fingerprint density at radius 2 is 1.76 bits per heavy atom. The van der Waals surface area contributed by atoms with Crippen molar-refractivity contribution in [2.45, 2.75) is 19.4 Å². The molecule has 0 radical (unpaired) electrons. The van der Waals surface area contributed by atoms with Gasteiger partial charge in [-0.1, -0.05) is 48.0 Å². The smallest absolute Gasteiger partial charge is 0.246 e. The molecule has 0 aliphatic carbocycles. The summed E-state index contributed by atoms with van der Waals surface area (Å²) in [6.07, 6.45) is 2.39. The molecule has 4 heteroatoms. The normalized spacial score (nSPS) is 11.9. The van der Waals surface area contributed by atoms with Crippen LogP contribution in [0.5, 0.6) is 0 Å². The molecule has 1 atom stereocenters. The molecular formula is C21H22N2O2. The quantitative estimate of drug-likeness (QED) is 0.684. The molecule has 4 nitrogen and oxygen atoms in total. The molecule has 3 aromatic rings. The van der Waals surface area contributed by atoms with Crippen LogP contribution < -0.4 is 10.6 Å². The second-order valence-corrected chi connectivity index (χ2v) is 5.98. The summed E-state index contributed by atoms with van der Waals surface area (Å²) in [7, 11) is 0. The molecule has 0 spiro atoms. The van der Waals surface area contributed by atoms with E-state index in [1.54, 1.807) is 6.26 Å². The van der Waals surface area contributed by atoms with Crippen molar-refractivity contribution in [3.05, 3.63) is 89.9 Å². The van der Waals surface area contributed by atoms with Crippen molar-refractivity contribution in [1.29, 1.82) is 0 Å². The van der Waals surface area contributed by atoms with Gasteiger partial charge in [-0.25, -0.2) is 0 Å². The van der Waals surface area contributed by atoms with Crippen LogP contribution in [-0.4, -0.2) is 12.5 Å². The van der Waals surface area contributed by atoms with E-state index < -0.39 is 6.04 Å². The SMILES string of the molecule is Cc1ccc(NC(=O)[C@@H](NCCc2ccco2)c2ccccc2)cc1. The summed E-state index contributed by atoms with van der Waals surface area (Å²) >= 11 is 0. The summed E-state index contributed by atoms with van der Waals surface area (Å²) in [4.78, 5) is 12.8. The zero-order valence-electron chi connectivity index (χ0n) is 14.2. The summed E-state index contributed by atoms with van der Waals surface area (Å²) in [5, 5.41) is 6.32. The number of nitrogens with one attached hydrogen (secondary N) is 2. The van der Waals surface area contributed by atoms with Crippen molar-refractivity contribution in [3.63, 3.8) is 0 Å². The Bertz CT molecular complexity index is 781. The second kappa shape index (κ2) is 8.31. The predicted octanol–water partition coefficient (Wildman–Crippen LogP) is 4.10. The lowest BCUT2D eigenvalue weighted by Gasteiger charge is -2.19. The number of anilines is 1. The molecule has 128 valence electrons. The van der Waals surface area contributed by atoms with Crippen molar-refractivity contribution in [3.8, 4) is 0 Å². The minimum Gasteiger partial charge on any atom is -0.469 e. The maximum absolute atomic E-state index is 12.8. The molecule has 0 aliphatic rings. The van der Waals surface area contributed by atoms with Gasteiger partial charge in [-0.3, -0.25) is 4.79 Å². The minimum atomic E-state index is -0.419. The highest BCUT2D eigenvalue weighted by Gasteiger charge is 2.20. The predicted molar refractivity (Wildman–Crippen MR) is 99.4 cm³/mol. The summed E-state index contributed by atoms with van der Waals surface area (Å²) in [5.41, 5.74) is 2.89. The lowest BCUT2D eigenvalue weighted by atomic mass is 10.1. The average Bonchev–Trinajstić information content (AvgIpc) is 3.15. The van der Waals surface area contributed by atoms with Crippen molar-refractivity contribution >= 4 is 11.6 Å². The van der Waals surface area contributed by atoms with Crippen LogP contribution in [0.3, 0.4) is 0 Å². The number of rotatable bonds is 7. The Kier molecular flexibility index (Phi) is 5.65. The van der Waals surface area contributed by atoms with Gasteiger partial charge < -0.3 is 15.1 Å². The molecule has 0 aliphatic heterocycles. The molecule has 0 saturated heterocycles. The van der Waals surface area contributed by atoms with E-state index in [0.717, 1.165) is 29.0 Å². The van der Waals surface area contributed by atoms with Crippen LogP contribution in [0.25, 0.3) is 0 Å². The maximum atomic E-state index is 12.8. The standard InChI is InChI=1S/C21H22N2O2/c1-16-9-11-18(12-10-16)23-21(24)20(17-6-3-2-4-7-17)22-14-13-19-8-5-15-25-19/h2-12,15,20,22H,13-14H2,1H3,(H,23,24)/t20-/m0/s1. The van der Waals surface area contributed by atoms with E-state index in [4.69, 9.17) is 4.42 Å². The number of carbonyl (C=O) groups is 1. The first-order chi connectivity index (χ1) is 12.2. The van der Waals surface area contributed by atoms with Gasteiger partial charge in [0.1, 0.15) is 11.8 Å². The number of aryl methyl sites for hydroxylation is 1. The van der Waals surface area contributed by atoms with Gasteiger partial charge in [-0.05, 0) is 36.8 Å². The van der Waals surface area contributed by atoms with E-state index in [-0.39, 0.29) is 5.91 Å². The van der Waals surface area contributed by atoms with E-state index in [1.807, 2.05) is 73.7 Å². The van der Waals surface area contributed by atoms with Crippen LogP contribution in [-0.2, 0) is 11.2 Å². The van der Waals surface area contributed by atoms with E-state index in [2.05, 4.69) is 10.6 Å². The van der Waals surface area contributed by atoms with Crippen LogP contribution in [0, 0.1) is 6.92 Å². The number of furan rings is 1. The van der Waals surface area contributed by atoms with Crippen molar-refractivity contribution < 1.29 is 9.21 Å². The van der Waals surface area contributed by atoms with Crippen molar-refractivity contribution in [1.82, 2.24) is 5.32 Å². The molecule has 0 saturated carbocycles. The fourth-order valence-corrected chi connectivity index (χ4v) is 2.65. The fourth-order valence-electron chi connectivity index (χ4n) is 2.65. The lowest BCUT2D eigenvalue weighted by molar-refractivity contribution is -0.118. The van der Waals surface area contributed by atoms with E-state index in [1.165, 1.54) is 0 Å². The summed E-state index contributed by atoms with van der Waals surface area (Å²) in [6.45, 7) is 2.67. The highest BCUT2D eigenvalue weighted by atomic mass is 16.3. The zero-order valence-corrected chi connectivity index (χ0v) is 14.2. The van der Waals surface area contributed by atoms with E-state index >= 15 is 0 Å². The molecule has 25 heavy (non-hydrogen) atoms. The van der Waals surface area contributed by atoms with E-state index in [9.17, 15) is 4.79 Å². The Hall–Kier alpha value is -2.85. The number of hydrogen-bond donors (Lipinski definition) is 2. The number of carbonyl (C=O) groups excluding carboxylic acids is 1. The van der Waals surface area contributed by atoms with Crippen LogP contribution >= 0.6 is 0 Å². The topological polar surface area (TPSA) is 54.3 Å². The second-order valence-electron chi connectivity index (χ2n) is 5.98. The number of amides is 1. The Morgan fingerprint density at radius 1 is 1.00 bits per heavy atom. The molecule has 0 fully saturated rings. The van der Waals surface area contributed by atoms with Crippen molar-refractivity contribution in [2.24, 2.45) is 0 Å². The Labute approximate surface area is 147 Å². The Morgan fingerprint density at radius 3 is 2.44 bits per heavy atom. The molecule has 3 rings (SSSR count). The third-order valence-electron chi connectivity index (χ3n) is 4.01. The van der Waals surface area contributed by atoms with Gasteiger partial charge in [0.2, 0.25) is 5.91 Å². The number of benzene rings is 2. The van der Waals surface area contributed by atoms with Crippen LogP contribution in [0.1, 0.15) is 22.9 Å².